The normalized spacial score (nSPS) is 15.8. The molecule has 2 aromatic rings. The molecule has 6 nitrogen and oxygen atoms in total. The van der Waals surface area contributed by atoms with E-state index in [1.807, 2.05) is 6.92 Å². The van der Waals surface area contributed by atoms with Gasteiger partial charge in [-0.2, -0.15) is 0 Å². The van der Waals surface area contributed by atoms with E-state index < -0.39 is 0 Å². The lowest BCUT2D eigenvalue weighted by Gasteiger charge is -2.12. The fourth-order valence-electron chi connectivity index (χ4n) is 2.84. The van der Waals surface area contributed by atoms with E-state index in [0.717, 1.165) is 25.9 Å². The molecule has 2 aromatic carbocycles. The number of hydrogen-bond acceptors (Lipinski definition) is 5. The van der Waals surface area contributed by atoms with Crippen LogP contribution < -0.4 is 10.1 Å². The van der Waals surface area contributed by atoms with Gasteiger partial charge in [-0.1, -0.05) is 6.92 Å². The van der Waals surface area contributed by atoms with Crippen LogP contribution in [0, 0.1) is 0 Å². The summed E-state index contributed by atoms with van der Waals surface area (Å²) < 4.78 is 16.3. The second-order valence-electron chi connectivity index (χ2n) is 6.64. The summed E-state index contributed by atoms with van der Waals surface area (Å²) >= 11 is 0. The molecule has 0 saturated carbocycles. The van der Waals surface area contributed by atoms with Crippen LogP contribution >= 0.6 is 0 Å². The Labute approximate surface area is 164 Å². The predicted molar refractivity (Wildman–Crippen MR) is 106 cm³/mol. The van der Waals surface area contributed by atoms with E-state index in [9.17, 15) is 9.59 Å². The van der Waals surface area contributed by atoms with Crippen LogP contribution in [0.25, 0.3) is 0 Å². The summed E-state index contributed by atoms with van der Waals surface area (Å²) in [5.41, 5.74) is 1.59. The molecule has 148 valence electrons. The first-order valence-corrected chi connectivity index (χ1v) is 9.58. The predicted octanol–water partition coefficient (Wildman–Crippen LogP) is 4.06. The Morgan fingerprint density at radius 3 is 2.43 bits per heavy atom. The van der Waals surface area contributed by atoms with E-state index >= 15 is 0 Å². The van der Waals surface area contributed by atoms with Crippen molar-refractivity contribution in [2.45, 2.75) is 32.3 Å². The first-order chi connectivity index (χ1) is 13.7. The summed E-state index contributed by atoms with van der Waals surface area (Å²) in [6, 6.07) is 13.6. The van der Waals surface area contributed by atoms with Crippen molar-refractivity contribution in [1.29, 1.82) is 0 Å². The van der Waals surface area contributed by atoms with Crippen LogP contribution in [0.15, 0.2) is 48.5 Å². The zero-order valence-electron chi connectivity index (χ0n) is 16.0. The molecule has 6 heteroatoms. The summed E-state index contributed by atoms with van der Waals surface area (Å²) in [5, 5.41) is 2.81. The number of esters is 1. The number of anilines is 1. The minimum Gasteiger partial charge on any atom is -0.491 e. The van der Waals surface area contributed by atoms with Crippen LogP contribution in [0.3, 0.4) is 0 Å². The summed E-state index contributed by atoms with van der Waals surface area (Å²) in [7, 11) is 0. The molecule has 0 radical (unpaired) electrons. The number of rotatable bonds is 8. The van der Waals surface area contributed by atoms with E-state index in [1.54, 1.807) is 48.5 Å². The third kappa shape index (κ3) is 5.57. The standard InChI is InChI=1S/C22H25NO5/c1-2-13-27-22(25)17-5-9-18(10-6-17)23-21(24)16-7-11-19(12-8-16)28-15-20-4-3-14-26-20/h5-12,20H,2-4,13-15H2,1H3,(H,23,24). The lowest BCUT2D eigenvalue weighted by molar-refractivity contribution is 0.0505. The van der Waals surface area contributed by atoms with Crippen molar-refractivity contribution in [2.24, 2.45) is 0 Å². The average Bonchev–Trinajstić information content (AvgIpc) is 3.25. The molecule has 0 bridgehead atoms. The molecule has 0 aliphatic carbocycles. The van der Waals surface area contributed by atoms with Crippen LogP contribution in [-0.4, -0.2) is 37.8 Å². The number of carbonyl (C=O) groups is 2. The smallest absolute Gasteiger partial charge is 0.338 e. The van der Waals surface area contributed by atoms with Gasteiger partial charge in [0.25, 0.3) is 5.91 Å². The van der Waals surface area contributed by atoms with E-state index in [2.05, 4.69) is 5.32 Å². The molecule has 1 heterocycles. The summed E-state index contributed by atoms with van der Waals surface area (Å²) in [5.74, 6) is 0.118. The van der Waals surface area contributed by atoms with Crippen LogP contribution in [0.1, 0.15) is 46.9 Å². The molecule has 1 amide bonds. The molecule has 28 heavy (non-hydrogen) atoms. The van der Waals surface area contributed by atoms with Gasteiger partial charge in [-0.3, -0.25) is 4.79 Å². The Bertz CT molecular complexity index is 780. The Morgan fingerprint density at radius 1 is 1.07 bits per heavy atom. The van der Waals surface area contributed by atoms with Crippen molar-refractivity contribution in [3.63, 3.8) is 0 Å². The highest BCUT2D eigenvalue weighted by molar-refractivity contribution is 6.04. The Hall–Kier alpha value is -2.86. The van der Waals surface area contributed by atoms with Crippen LogP contribution in [0.2, 0.25) is 0 Å². The maximum absolute atomic E-state index is 12.4. The molecule has 1 atom stereocenters. The van der Waals surface area contributed by atoms with Gasteiger partial charge in [0.2, 0.25) is 0 Å². The van der Waals surface area contributed by atoms with Gasteiger partial charge in [0, 0.05) is 17.9 Å². The number of nitrogens with one attached hydrogen (secondary N) is 1. The van der Waals surface area contributed by atoms with Crippen molar-refractivity contribution < 1.29 is 23.8 Å². The average molecular weight is 383 g/mol. The first kappa shape index (κ1) is 19.9. The van der Waals surface area contributed by atoms with Crippen LogP contribution in [0.5, 0.6) is 5.75 Å². The van der Waals surface area contributed by atoms with E-state index in [0.29, 0.717) is 35.8 Å². The van der Waals surface area contributed by atoms with Gasteiger partial charge in [0.05, 0.1) is 18.3 Å². The van der Waals surface area contributed by atoms with Gasteiger partial charge in [0.15, 0.2) is 0 Å². The molecule has 1 saturated heterocycles. The van der Waals surface area contributed by atoms with Gasteiger partial charge < -0.3 is 19.5 Å². The highest BCUT2D eigenvalue weighted by atomic mass is 16.5. The maximum Gasteiger partial charge on any atom is 0.338 e. The van der Waals surface area contributed by atoms with E-state index in [1.165, 1.54) is 0 Å². The van der Waals surface area contributed by atoms with Crippen LogP contribution in [-0.2, 0) is 9.47 Å². The highest BCUT2D eigenvalue weighted by Crippen LogP contribution is 2.18. The van der Waals surface area contributed by atoms with Crippen LogP contribution in [0.4, 0.5) is 5.69 Å². The van der Waals surface area contributed by atoms with Crippen molar-refractivity contribution in [1.82, 2.24) is 0 Å². The number of ether oxygens (including phenoxy) is 3. The molecular formula is C22H25NO5. The molecule has 0 spiro atoms. The fraction of sp³-hybridized carbons (Fsp3) is 0.364. The highest BCUT2D eigenvalue weighted by Gasteiger charge is 2.16. The number of amides is 1. The minimum absolute atomic E-state index is 0.158. The van der Waals surface area contributed by atoms with Gasteiger partial charge in [-0.05, 0) is 67.8 Å². The molecule has 1 aliphatic rings. The monoisotopic (exact) mass is 383 g/mol. The number of hydrogen-bond donors (Lipinski definition) is 1. The third-order valence-electron chi connectivity index (χ3n) is 4.39. The van der Waals surface area contributed by atoms with Crippen molar-refractivity contribution in [2.75, 3.05) is 25.1 Å². The Balaban J connectivity index is 1.51. The molecule has 0 aromatic heterocycles. The molecule has 1 aliphatic heterocycles. The van der Waals surface area contributed by atoms with Crippen molar-refractivity contribution in [3.8, 4) is 5.75 Å². The zero-order chi connectivity index (χ0) is 19.8. The second-order valence-corrected chi connectivity index (χ2v) is 6.64. The van der Waals surface area contributed by atoms with Crippen molar-refractivity contribution >= 4 is 17.6 Å². The minimum atomic E-state index is -0.363. The second kappa shape index (κ2) is 9.90. The van der Waals surface area contributed by atoms with Gasteiger partial charge in [-0.25, -0.2) is 4.79 Å². The lowest BCUT2D eigenvalue weighted by Crippen LogP contribution is -2.16. The zero-order valence-corrected chi connectivity index (χ0v) is 16.0. The molecule has 1 fully saturated rings. The summed E-state index contributed by atoms with van der Waals surface area (Å²) in [6.07, 6.45) is 3.03. The topological polar surface area (TPSA) is 73.9 Å². The Morgan fingerprint density at radius 2 is 1.79 bits per heavy atom. The molecule has 1 unspecified atom stereocenters. The van der Waals surface area contributed by atoms with Gasteiger partial charge in [0.1, 0.15) is 12.4 Å². The third-order valence-corrected chi connectivity index (χ3v) is 4.39. The maximum atomic E-state index is 12.4. The summed E-state index contributed by atoms with van der Waals surface area (Å²) in [6.45, 7) is 3.66. The largest absolute Gasteiger partial charge is 0.491 e. The quantitative estimate of drug-likeness (QED) is 0.696. The SMILES string of the molecule is CCCOC(=O)c1ccc(NC(=O)c2ccc(OCC3CCCO3)cc2)cc1. The number of carbonyl (C=O) groups excluding carboxylic acids is 2. The van der Waals surface area contributed by atoms with Crippen molar-refractivity contribution in [3.05, 3.63) is 59.7 Å². The molecule has 1 N–H and O–H groups in total. The van der Waals surface area contributed by atoms with Gasteiger partial charge >= 0.3 is 5.97 Å². The van der Waals surface area contributed by atoms with E-state index in [-0.39, 0.29) is 18.0 Å². The lowest BCUT2D eigenvalue weighted by atomic mass is 10.1. The Kier molecular flexibility index (Phi) is 7.03. The van der Waals surface area contributed by atoms with E-state index in [4.69, 9.17) is 14.2 Å². The fourth-order valence-corrected chi connectivity index (χ4v) is 2.84. The van der Waals surface area contributed by atoms with Gasteiger partial charge in [-0.15, -0.1) is 0 Å². The molecular weight excluding hydrogens is 358 g/mol. The molecule has 3 rings (SSSR count). The first-order valence-electron chi connectivity index (χ1n) is 9.58. The summed E-state index contributed by atoms with van der Waals surface area (Å²) in [4.78, 5) is 24.2. The number of benzene rings is 2.